The molecule has 5 nitrogen and oxygen atoms in total. The molecule has 1 aromatic rings. The van der Waals surface area contributed by atoms with Crippen molar-refractivity contribution in [3.63, 3.8) is 0 Å². The minimum Gasteiger partial charge on any atom is -0.378 e. The Bertz CT molecular complexity index is 690. The number of carbonyl (C=O) groups is 1. The first-order valence-corrected chi connectivity index (χ1v) is 7.57. The van der Waals surface area contributed by atoms with Crippen LogP contribution in [0.3, 0.4) is 0 Å². The van der Waals surface area contributed by atoms with E-state index in [0.29, 0.717) is 6.07 Å². The summed E-state index contributed by atoms with van der Waals surface area (Å²) in [4.78, 5) is 12.2. The van der Waals surface area contributed by atoms with E-state index in [1.165, 1.54) is 13.0 Å². The second-order valence-electron chi connectivity index (χ2n) is 5.88. The van der Waals surface area contributed by atoms with Gasteiger partial charge in [-0.3, -0.25) is 4.79 Å². The zero-order valence-electron chi connectivity index (χ0n) is 13.8. The van der Waals surface area contributed by atoms with Crippen molar-refractivity contribution < 1.29 is 27.8 Å². The Hall–Kier alpha value is -2.11. The van der Waals surface area contributed by atoms with Crippen molar-refractivity contribution in [2.75, 3.05) is 18.5 Å². The largest absolute Gasteiger partial charge is 0.417 e. The van der Waals surface area contributed by atoms with Gasteiger partial charge < -0.3 is 15.2 Å². The first-order valence-electron chi connectivity index (χ1n) is 7.57. The maximum absolute atomic E-state index is 13.0. The van der Waals surface area contributed by atoms with Gasteiger partial charge in [-0.15, -0.1) is 0 Å². The normalized spacial score (nSPS) is 17.5. The Kier molecular flexibility index (Phi) is 6.26. The minimum absolute atomic E-state index is 0.183. The van der Waals surface area contributed by atoms with Gasteiger partial charge in [0, 0.05) is 11.6 Å². The average molecular weight is 365 g/mol. The highest BCUT2D eigenvalue weighted by Gasteiger charge is 2.35. The first-order chi connectivity index (χ1) is 12.1. The summed E-state index contributed by atoms with van der Waals surface area (Å²) in [6, 6.07) is 4.22. The van der Waals surface area contributed by atoms with Crippen LogP contribution < -0.4 is 5.32 Å². The molecule has 0 aliphatic heterocycles. The number of hydrogen-bond donors (Lipinski definition) is 2. The SMILES string of the molecule is C[C@](O)(COC[C]1[CH][CH][CH][CH]1)C(=O)Nc1ccc(C#N)c(C(F)(F)F)c1. The number of rotatable bonds is 6. The Morgan fingerprint density at radius 2 is 1.96 bits per heavy atom. The van der Waals surface area contributed by atoms with Crippen LogP contribution in [0.4, 0.5) is 18.9 Å². The van der Waals surface area contributed by atoms with Gasteiger partial charge in [-0.2, -0.15) is 18.4 Å². The fourth-order valence-electron chi connectivity index (χ4n) is 2.16. The number of benzene rings is 1. The molecule has 0 spiro atoms. The van der Waals surface area contributed by atoms with E-state index in [-0.39, 0.29) is 18.9 Å². The van der Waals surface area contributed by atoms with Gasteiger partial charge >= 0.3 is 6.18 Å². The molecule has 2 rings (SSSR count). The Labute approximate surface area is 149 Å². The molecular formula is C18H16F3N2O3. The molecule has 8 heteroatoms. The molecule has 1 saturated carbocycles. The predicted molar refractivity (Wildman–Crippen MR) is 86.7 cm³/mol. The number of amides is 1. The minimum atomic E-state index is -4.74. The fraction of sp³-hybridized carbons (Fsp3) is 0.278. The van der Waals surface area contributed by atoms with Gasteiger partial charge in [0.1, 0.15) is 0 Å². The number of alkyl halides is 3. The van der Waals surface area contributed by atoms with Crippen molar-refractivity contribution in [3.8, 4) is 6.07 Å². The van der Waals surface area contributed by atoms with Crippen LogP contribution in [-0.2, 0) is 15.7 Å². The smallest absolute Gasteiger partial charge is 0.378 e. The van der Waals surface area contributed by atoms with Crippen LogP contribution in [0.25, 0.3) is 0 Å². The lowest BCUT2D eigenvalue weighted by molar-refractivity contribution is -0.139. The zero-order valence-corrected chi connectivity index (χ0v) is 13.8. The number of halogens is 3. The van der Waals surface area contributed by atoms with Crippen LogP contribution in [0.15, 0.2) is 18.2 Å². The van der Waals surface area contributed by atoms with Crippen molar-refractivity contribution >= 4 is 11.6 Å². The van der Waals surface area contributed by atoms with Gasteiger partial charge in [0.25, 0.3) is 5.91 Å². The van der Waals surface area contributed by atoms with Crippen LogP contribution in [-0.4, -0.2) is 29.8 Å². The van der Waals surface area contributed by atoms with Crippen LogP contribution in [0.2, 0.25) is 0 Å². The molecule has 0 unspecified atom stereocenters. The number of nitrogens with one attached hydrogen (secondary N) is 1. The van der Waals surface area contributed by atoms with Crippen LogP contribution >= 0.6 is 0 Å². The summed E-state index contributed by atoms with van der Waals surface area (Å²) in [7, 11) is 0. The molecule has 1 aromatic carbocycles. The maximum Gasteiger partial charge on any atom is 0.417 e. The van der Waals surface area contributed by atoms with E-state index in [9.17, 15) is 23.1 Å². The molecule has 1 amide bonds. The van der Waals surface area contributed by atoms with Gasteiger partial charge in [-0.1, -0.05) is 0 Å². The number of anilines is 1. The van der Waals surface area contributed by atoms with E-state index >= 15 is 0 Å². The summed E-state index contributed by atoms with van der Waals surface area (Å²) in [5, 5.41) is 21.2. The quantitative estimate of drug-likeness (QED) is 0.812. The maximum atomic E-state index is 13.0. The second-order valence-corrected chi connectivity index (χ2v) is 5.88. The number of aliphatic hydroxyl groups is 1. The van der Waals surface area contributed by atoms with Crippen molar-refractivity contribution in [1.29, 1.82) is 5.26 Å². The van der Waals surface area contributed by atoms with Gasteiger partial charge in [0.15, 0.2) is 5.60 Å². The lowest BCUT2D eigenvalue weighted by Gasteiger charge is -2.23. The summed E-state index contributed by atoms with van der Waals surface area (Å²) >= 11 is 0. The third-order valence-electron chi connectivity index (χ3n) is 3.58. The fourth-order valence-corrected chi connectivity index (χ4v) is 2.16. The second kappa shape index (κ2) is 8.06. The number of nitrogens with zero attached hydrogens (tertiary/aromatic N) is 1. The van der Waals surface area contributed by atoms with E-state index in [1.807, 2.05) is 25.7 Å². The molecule has 5 radical (unpaired) electrons. The summed E-state index contributed by atoms with van der Waals surface area (Å²) < 4.78 is 44.1. The van der Waals surface area contributed by atoms with Gasteiger partial charge in [0.05, 0.1) is 30.4 Å². The number of nitriles is 1. The highest BCUT2D eigenvalue weighted by atomic mass is 19.4. The Balaban J connectivity index is 2.00. The third-order valence-corrected chi connectivity index (χ3v) is 3.58. The van der Waals surface area contributed by atoms with E-state index in [2.05, 4.69) is 5.32 Å². The predicted octanol–water partition coefficient (Wildman–Crippen LogP) is 2.69. The summed E-state index contributed by atoms with van der Waals surface area (Å²) in [6.45, 7) is 1.04. The monoisotopic (exact) mass is 365 g/mol. The van der Waals surface area contributed by atoms with E-state index in [1.54, 1.807) is 0 Å². The molecule has 0 bridgehead atoms. The van der Waals surface area contributed by atoms with Crippen molar-refractivity contribution in [1.82, 2.24) is 0 Å². The molecule has 1 aliphatic rings. The molecule has 1 atom stereocenters. The molecule has 0 heterocycles. The summed E-state index contributed by atoms with van der Waals surface area (Å²) in [5.41, 5.74) is -3.85. The highest BCUT2D eigenvalue weighted by Crippen LogP contribution is 2.33. The lowest BCUT2D eigenvalue weighted by atomic mass is 10.0. The number of hydrogen-bond acceptors (Lipinski definition) is 4. The topological polar surface area (TPSA) is 82.3 Å². The average Bonchev–Trinajstić information content (AvgIpc) is 3.07. The molecular weight excluding hydrogens is 349 g/mol. The van der Waals surface area contributed by atoms with Gasteiger partial charge in [-0.05, 0) is 50.8 Å². The summed E-state index contributed by atoms with van der Waals surface area (Å²) in [5.74, 6) is -0.0547. The van der Waals surface area contributed by atoms with E-state index in [0.717, 1.165) is 18.1 Å². The zero-order chi connectivity index (χ0) is 19.4. The molecule has 137 valence electrons. The molecule has 1 fully saturated rings. The lowest BCUT2D eigenvalue weighted by Crippen LogP contribution is -2.44. The van der Waals surface area contributed by atoms with Gasteiger partial charge in [0.2, 0.25) is 0 Å². The van der Waals surface area contributed by atoms with Crippen molar-refractivity contribution in [2.45, 2.75) is 18.7 Å². The van der Waals surface area contributed by atoms with Gasteiger partial charge in [-0.25, -0.2) is 0 Å². The summed E-state index contributed by atoms with van der Waals surface area (Å²) in [6.07, 6.45) is 2.50. The van der Waals surface area contributed by atoms with Crippen LogP contribution in [0.1, 0.15) is 18.1 Å². The number of carbonyl (C=O) groups excluding carboxylic acids is 1. The van der Waals surface area contributed by atoms with E-state index < -0.39 is 28.8 Å². The van der Waals surface area contributed by atoms with E-state index in [4.69, 9.17) is 10.00 Å². The standard InChI is InChI=1S/C18H16F3N2O3/c1-17(25,11-26-10-12-4-2-3-5-12)16(24)23-14-7-6-13(9-22)15(8-14)18(19,20)21/h2-8,25H,10-11H2,1H3,(H,23,24)/t17-/m0/s1. The highest BCUT2D eigenvalue weighted by molar-refractivity contribution is 5.97. The molecule has 1 aliphatic carbocycles. The molecule has 0 saturated heterocycles. The van der Waals surface area contributed by atoms with Crippen molar-refractivity contribution in [3.05, 3.63) is 60.9 Å². The molecule has 0 aromatic heterocycles. The van der Waals surface area contributed by atoms with Crippen LogP contribution in [0.5, 0.6) is 0 Å². The Morgan fingerprint density at radius 3 is 2.54 bits per heavy atom. The third kappa shape index (κ3) is 5.19. The van der Waals surface area contributed by atoms with Crippen LogP contribution in [0, 0.1) is 42.9 Å². The number of ether oxygens (including phenoxy) is 1. The molecule has 2 N–H and O–H groups in total. The first kappa shape index (κ1) is 20.2. The van der Waals surface area contributed by atoms with Crippen molar-refractivity contribution in [2.24, 2.45) is 0 Å². The molecule has 26 heavy (non-hydrogen) atoms. The Morgan fingerprint density at radius 1 is 1.31 bits per heavy atom.